The Kier molecular flexibility index (Phi) is 2.29. The average Bonchev–Trinajstić information content (AvgIpc) is 2.58. The van der Waals surface area contributed by atoms with Crippen molar-refractivity contribution < 1.29 is 14.6 Å². The van der Waals surface area contributed by atoms with Crippen LogP contribution in [0.1, 0.15) is 0 Å². The highest BCUT2D eigenvalue weighted by Crippen LogP contribution is 2.24. The first kappa shape index (κ1) is 9.51. The van der Waals surface area contributed by atoms with E-state index >= 15 is 0 Å². The molecule has 1 N–H and O–H groups in total. The number of ether oxygens (including phenoxy) is 1. The van der Waals surface area contributed by atoms with Crippen LogP contribution in [0.3, 0.4) is 0 Å². The van der Waals surface area contributed by atoms with Crippen molar-refractivity contribution in [3.8, 4) is 5.75 Å². The van der Waals surface area contributed by atoms with E-state index in [9.17, 15) is 4.79 Å². The molecule has 0 unspecified atom stereocenters. The Hall–Kier alpha value is -2.04. The normalized spacial score (nSPS) is 10.5. The number of aliphatic carboxylic acids is 1. The Balaban J connectivity index is 2.41. The smallest absolute Gasteiger partial charge is 0.341 e. The molecule has 0 spiro atoms. The van der Waals surface area contributed by atoms with E-state index in [4.69, 9.17) is 9.84 Å². The average molecular weight is 206 g/mol. The molecule has 0 saturated heterocycles. The molecule has 5 nitrogen and oxygen atoms in total. The van der Waals surface area contributed by atoms with Crippen molar-refractivity contribution in [2.75, 3.05) is 6.61 Å². The third-order valence-corrected chi connectivity index (χ3v) is 2.07. The summed E-state index contributed by atoms with van der Waals surface area (Å²) >= 11 is 0. The maximum absolute atomic E-state index is 10.4. The van der Waals surface area contributed by atoms with E-state index in [0.717, 1.165) is 10.9 Å². The van der Waals surface area contributed by atoms with Crippen LogP contribution in [0.2, 0.25) is 0 Å². The topological polar surface area (TPSA) is 64.4 Å². The molecule has 0 aliphatic heterocycles. The molecule has 0 amide bonds. The highest BCUT2D eigenvalue weighted by Gasteiger charge is 2.07. The van der Waals surface area contributed by atoms with E-state index < -0.39 is 5.97 Å². The van der Waals surface area contributed by atoms with E-state index in [1.165, 1.54) is 0 Å². The predicted octanol–water partition coefficient (Wildman–Crippen LogP) is 1.04. The van der Waals surface area contributed by atoms with Crippen molar-refractivity contribution in [2.45, 2.75) is 0 Å². The Labute approximate surface area is 85.9 Å². The lowest BCUT2D eigenvalue weighted by Crippen LogP contribution is -2.10. The van der Waals surface area contributed by atoms with E-state index in [-0.39, 0.29) is 6.61 Å². The number of carboxylic acid groups (broad SMARTS) is 1. The zero-order chi connectivity index (χ0) is 10.8. The quantitative estimate of drug-likeness (QED) is 0.814. The summed E-state index contributed by atoms with van der Waals surface area (Å²) in [4.78, 5) is 10.4. The Morgan fingerprint density at radius 1 is 1.60 bits per heavy atom. The maximum Gasteiger partial charge on any atom is 0.341 e. The van der Waals surface area contributed by atoms with Crippen LogP contribution in [0.5, 0.6) is 5.75 Å². The molecule has 1 heterocycles. The first-order chi connectivity index (χ1) is 7.18. The number of para-hydroxylation sites is 1. The summed E-state index contributed by atoms with van der Waals surface area (Å²) < 4.78 is 6.82. The standard InChI is InChI=1S/C10H10N2O3/c1-12-10-7(5-11-12)3-2-4-8(10)15-6-9(13)14/h2-5H,6H2,1H3,(H,13,14). The third kappa shape index (κ3) is 1.76. The number of nitrogens with zero attached hydrogens (tertiary/aromatic N) is 2. The molecule has 0 radical (unpaired) electrons. The fourth-order valence-electron chi connectivity index (χ4n) is 1.45. The van der Waals surface area contributed by atoms with E-state index in [1.807, 2.05) is 6.07 Å². The molecule has 78 valence electrons. The van der Waals surface area contributed by atoms with Crippen molar-refractivity contribution in [3.05, 3.63) is 24.4 Å². The second kappa shape index (κ2) is 3.61. The minimum absolute atomic E-state index is 0.343. The number of carbonyl (C=O) groups is 1. The maximum atomic E-state index is 10.4. The number of fused-ring (bicyclic) bond motifs is 1. The highest BCUT2D eigenvalue weighted by molar-refractivity contribution is 5.84. The van der Waals surface area contributed by atoms with Gasteiger partial charge in [0.15, 0.2) is 6.61 Å². The zero-order valence-electron chi connectivity index (χ0n) is 8.17. The minimum atomic E-state index is -0.992. The summed E-state index contributed by atoms with van der Waals surface area (Å²) in [5.74, 6) is -0.455. The van der Waals surface area contributed by atoms with Crippen molar-refractivity contribution in [3.63, 3.8) is 0 Å². The zero-order valence-corrected chi connectivity index (χ0v) is 8.17. The van der Waals surface area contributed by atoms with Gasteiger partial charge in [-0.15, -0.1) is 0 Å². The number of benzene rings is 1. The van der Waals surface area contributed by atoms with Crippen LogP contribution in [0.25, 0.3) is 10.9 Å². The fourth-order valence-corrected chi connectivity index (χ4v) is 1.45. The largest absolute Gasteiger partial charge is 0.480 e. The Morgan fingerprint density at radius 3 is 3.13 bits per heavy atom. The monoisotopic (exact) mass is 206 g/mol. The molecule has 0 bridgehead atoms. The summed E-state index contributed by atoms with van der Waals surface area (Å²) in [5, 5.41) is 13.5. The number of carboxylic acids is 1. The van der Waals surface area contributed by atoms with Crippen molar-refractivity contribution in [1.29, 1.82) is 0 Å². The Bertz CT molecular complexity index is 504. The summed E-state index contributed by atoms with van der Waals surface area (Å²) in [6, 6.07) is 5.43. The molecule has 5 heteroatoms. The van der Waals surface area contributed by atoms with Crippen molar-refractivity contribution in [2.24, 2.45) is 7.05 Å². The molecular weight excluding hydrogens is 196 g/mol. The van der Waals surface area contributed by atoms with Gasteiger partial charge in [-0.05, 0) is 6.07 Å². The number of rotatable bonds is 3. The van der Waals surface area contributed by atoms with Crippen molar-refractivity contribution >= 4 is 16.9 Å². The van der Waals surface area contributed by atoms with Crippen LogP contribution in [-0.2, 0) is 11.8 Å². The molecule has 1 aromatic carbocycles. The van der Waals surface area contributed by atoms with Gasteiger partial charge in [-0.2, -0.15) is 5.10 Å². The second-order valence-corrected chi connectivity index (χ2v) is 3.14. The van der Waals surface area contributed by atoms with Crippen molar-refractivity contribution in [1.82, 2.24) is 9.78 Å². The SMILES string of the molecule is Cn1ncc2cccc(OCC(=O)O)c21. The third-order valence-electron chi connectivity index (χ3n) is 2.07. The summed E-state index contributed by atoms with van der Waals surface area (Å²) in [6.07, 6.45) is 1.71. The van der Waals surface area contributed by atoms with Gasteiger partial charge in [-0.1, -0.05) is 12.1 Å². The van der Waals surface area contributed by atoms with E-state index in [2.05, 4.69) is 5.10 Å². The minimum Gasteiger partial charge on any atom is -0.480 e. The van der Waals surface area contributed by atoms with Crippen LogP contribution in [-0.4, -0.2) is 27.5 Å². The van der Waals surface area contributed by atoms with Gasteiger partial charge in [0.2, 0.25) is 0 Å². The molecule has 0 saturated carbocycles. The molecule has 0 aliphatic rings. The van der Waals surface area contributed by atoms with Gasteiger partial charge in [0, 0.05) is 12.4 Å². The molecule has 2 aromatic rings. The molecule has 1 aromatic heterocycles. The van der Waals surface area contributed by atoms with Crippen LogP contribution in [0, 0.1) is 0 Å². The number of hydrogen-bond acceptors (Lipinski definition) is 3. The molecule has 2 rings (SSSR count). The Morgan fingerprint density at radius 2 is 2.40 bits per heavy atom. The summed E-state index contributed by atoms with van der Waals surface area (Å²) in [7, 11) is 1.79. The summed E-state index contributed by atoms with van der Waals surface area (Å²) in [6.45, 7) is -0.343. The molecule has 0 atom stereocenters. The van der Waals surface area contributed by atoms with Crippen LogP contribution in [0.15, 0.2) is 24.4 Å². The fraction of sp³-hybridized carbons (Fsp3) is 0.200. The molecule has 15 heavy (non-hydrogen) atoms. The first-order valence-electron chi connectivity index (χ1n) is 4.44. The van der Waals surface area contributed by atoms with Crippen LogP contribution < -0.4 is 4.74 Å². The van der Waals surface area contributed by atoms with Crippen LogP contribution >= 0.6 is 0 Å². The number of aromatic nitrogens is 2. The van der Waals surface area contributed by atoms with E-state index in [0.29, 0.717) is 5.75 Å². The molecule has 0 aliphatic carbocycles. The second-order valence-electron chi connectivity index (χ2n) is 3.14. The van der Waals surface area contributed by atoms with Gasteiger partial charge >= 0.3 is 5.97 Å². The molecule has 0 fully saturated rings. The highest BCUT2D eigenvalue weighted by atomic mass is 16.5. The number of aryl methyl sites for hydroxylation is 1. The van der Waals surface area contributed by atoms with Gasteiger partial charge < -0.3 is 9.84 Å². The van der Waals surface area contributed by atoms with Crippen LogP contribution in [0.4, 0.5) is 0 Å². The van der Waals surface area contributed by atoms with Gasteiger partial charge in [-0.3, -0.25) is 4.68 Å². The number of hydrogen-bond donors (Lipinski definition) is 1. The lowest BCUT2D eigenvalue weighted by molar-refractivity contribution is -0.139. The van der Waals surface area contributed by atoms with E-state index in [1.54, 1.807) is 30.1 Å². The lowest BCUT2D eigenvalue weighted by Gasteiger charge is -2.05. The van der Waals surface area contributed by atoms with Gasteiger partial charge in [0.25, 0.3) is 0 Å². The first-order valence-corrected chi connectivity index (χ1v) is 4.44. The molecular formula is C10H10N2O3. The van der Waals surface area contributed by atoms with Gasteiger partial charge in [0.05, 0.1) is 6.20 Å². The van der Waals surface area contributed by atoms with Gasteiger partial charge in [-0.25, -0.2) is 4.79 Å². The lowest BCUT2D eigenvalue weighted by atomic mass is 10.2. The summed E-state index contributed by atoms with van der Waals surface area (Å²) in [5.41, 5.74) is 0.804. The van der Waals surface area contributed by atoms with Gasteiger partial charge in [0.1, 0.15) is 11.3 Å². The predicted molar refractivity (Wildman–Crippen MR) is 53.8 cm³/mol.